The van der Waals surface area contributed by atoms with Crippen molar-refractivity contribution in [2.75, 3.05) is 29.9 Å². The predicted octanol–water partition coefficient (Wildman–Crippen LogP) is 1.75. The zero-order chi connectivity index (χ0) is 14.4. The SMILES string of the molecule is CCCNC(=O)C(=O)Nc1ccc(N2CCCC2)cc1. The third-order valence-corrected chi connectivity index (χ3v) is 3.34. The molecule has 0 aliphatic carbocycles. The van der Waals surface area contributed by atoms with Crippen molar-refractivity contribution in [2.45, 2.75) is 26.2 Å². The van der Waals surface area contributed by atoms with Crippen molar-refractivity contribution in [3.63, 3.8) is 0 Å². The molecule has 1 aromatic carbocycles. The Bertz CT molecular complexity index is 465. The quantitative estimate of drug-likeness (QED) is 0.823. The van der Waals surface area contributed by atoms with E-state index in [1.165, 1.54) is 12.8 Å². The molecule has 108 valence electrons. The topological polar surface area (TPSA) is 61.4 Å². The fourth-order valence-electron chi connectivity index (χ4n) is 2.24. The van der Waals surface area contributed by atoms with Crippen LogP contribution in [0.2, 0.25) is 0 Å². The molecule has 0 atom stereocenters. The zero-order valence-electron chi connectivity index (χ0n) is 11.8. The molecule has 5 nitrogen and oxygen atoms in total. The summed E-state index contributed by atoms with van der Waals surface area (Å²) in [6.45, 7) is 4.63. The summed E-state index contributed by atoms with van der Waals surface area (Å²) in [5, 5.41) is 5.15. The van der Waals surface area contributed by atoms with Crippen molar-refractivity contribution in [2.24, 2.45) is 0 Å². The van der Waals surface area contributed by atoms with E-state index in [2.05, 4.69) is 15.5 Å². The lowest BCUT2D eigenvalue weighted by Crippen LogP contribution is -2.35. The molecule has 1 aromatic rings. The predicted molar refractivity (Wildman–Crippen MR) is 79.8 cm³/mol. The highest BCUT2D eigenvalue weighted by atomic mass is 16.2. The van der Waals surface area contributed by atoms with Crippen molar-refractivity contribution in [3.8, 4) is 0 Å². The Morgan fingerprint density at radius 2 is 1.75 bits per heavy atom. The van der Waals surface area contributed by atoms with Crippen LogP contribution in [0, 0.1) is 0 Å². The van der Waals surface area contributed by atoms with Crippen LogP contribution in [0.15, 0.2) is 24.3 Å². The van der Waals surface area contributed by atoms with Gasteiger partial charge < -0.3 is 15.5 Å². The molecular formula is C15H21N3O2. The smallest absolute Gasteiger partial charge is 0.313 e. The molecule has 0 radical (unpaired) electrons. The van der Waals surface area contributed by atoms with E-state index in [0.29, 0.717) is 12.2 Å². The van der Waals surface area contributed by atoms with E-state index in [0.717, 1.165) is 25.2 Å². The largest absolute Gasteiger partial charge is 0.372 e. The Morgan fingerprint density at radius 1 is 1.10 bits per heavy atom. The van der Waals surface area contributed by atoms with E-state index < -0.39 is 11.8 Å². The molecule has 0 bridgehead atoms. The Balaban J connectivity index is 1.89. The van der Waals surface area contributed by atoms with Gasteiger partial charge in [0.2, 0.25) is 0 Å². The second-order valence-corrected chi connectivity index (χ2v) is 4.95. The van der Waals surface area contributed by atoms with Crippen LogP contribution in [0.4, 0.5) is 11.4 Å². The summed E-state index contributed by atoms with van der Waals surface area (Å²) in [4.78, 5) is 25.4. The second kappa shape index (κ2) is 6.93. The van der Waals surface area contributed by atoms with Gasteiger partial charge in [0, 0.05) is 31.0 Å². The summed E-state index contributed by atoms with van der Waals surface area (Å²) in [6.07, 6.45) is 3.27. The molecule has 0 aromatic heterocycles. The van der Waals surface area contributed by atoms with Crippen LogP contribution in [-0.4, -0.2) is 31.4 Å². The number of nitrogens with one attached hydrogen (secondary N) is 2. The summed E-state index contributed by atoms with van der Waals surface area (Å²) in [5.74, 6) is -1.21. The molecular weight excluding hydrogens is 254 g/mol. The highest BCUT2D eigenvalue weighted by Crippen LogP contribution is 2.21. The summed E-state index contributed by atoms with van der Waals surface area (Å²) in [6, 6.07) is 7.62. The molecule has 1 fully saturated rings. The lowest BCUT2D eigenvalue weighted by atomic mass is 10.2. The molecule has 0 unspecified atom stereocenters. The van der Waals surface area contributed by atoms with Crippen LogP contribution in [0.5, 0.6) is 0 Å². The summed E-state index contributed by atoms with van der Waals surface area (Å²) in [5.41, 5.74) is 1.81. The van der Waals surface area contributed by atoms with Gasteiger partial charge >= 0.3 is 11.8 Å². The number of anilines is 2. The molecule has 5 heteroatoms. The number of hydrogen-bond donors (Lipinski definition) is 2. The molecule has 1 aliphatic heterocycles. The Morgan fingerprint density at radius 3 is 2.35 bits per heavy atom. The molecule has 2 amide bonds. The maximum atomic E-state index is 11.6. The minimum atomic E-state index is -0.618. The maximum absolute atomic E-state index is 11.6. The normalized spacial score (nSPS) is 14.2. The van der Waals surface area contributed by atoms with Gasteiger partial charge in [0.05, 0.1) is 0 Å². The summed E-state index contributed by atoms with van der Waals surface area (Å²) >= 11 is 0. The molecule has 1 saturated heterocycles. The van der Waals surface area contributed by atoms with Crippen LogP contribution in [-0.2, 0) is 9.59 Å². The molecule has 2 rings (SSSR count). The monoisotopic (exact) mass is 275 g/mol. The van der Waals surface area contributed by atoms with E-state index in [9.17, 15) is 9.59 Å². The average molecular weight is 275 g/mol. The van der Waals surface area contributed by atoms with E-state index in [1.54, 1.807) is 0 Å². The van der Waals surface area contributed by atoms with Crippen LogP contribution in [0.3, 0.4) is 0 Å². The summed E-state index contributed by atoms with van der Waals surface area (Å²) in [7, 11) is 0. The molecule has 2 N–H and O–H groups in total. The number of carbonyl (C=O) groups is 2. The van der Waals surface area contributed by atoms with Gasteiger partial charge in [-0.15, -0.1) is 0 Å². The van der Waals surface area contributed by atoms with E-state index in [4.69, 9.17) is 0 Å². The number of amides is 2. The lowest BCUT2D eigenvalue weighted by molar-refractivity contribution is -0.136. The van der Waals surface area contributed by atoms with Gasteiger partial charge in [0.25, 0.3) is 0 Å². The van der Waals surface area contributed by atoms with Crippen LogP contribution in [0.1, 0.15) is 26.2 Å². The lowest BCUT2D eigenvalue weighted by Gasteiger charge is -2.17. The first kappa shape index (κ1) is 14.4. The Hall–Kier alpha value is -2.04. The van der Waals surface area contributed by atoms with Crippen LogP contribution in [0.25, 0.3) is 0 Å². The second-order valence-electron chi connectivity index (χ2n) is 4.95. The van der Waals surface area contributed by atoms with E-state index >= 15 is 0 Å². The maximum Gasteiger partial charge on any atom is 0.313 e. The first-order valence-corrected chi connectivity index (χ1v) is 7.15. The third-order valence-electron chi connectivity index (χ3n) is 3.34. The van der Waals surface area contributed by atoms with Gasteiger partial charge in [-0.3, -0.25) is 9.59 Å². The van der Waals surface area contributed by atoms with E-state index in [-0.39, 0.29) is 0 Å². The molecule has 0 spiro atoms. The zero-order valence-corrected chi connectivity index (χ0v) is 11.8. The Labute approximate surface area is 119 Å². The average Bonchev–Trinajstić information content (AvgIpc) is 2.99. The van der Waals surface area contributed by atoms with Gasteiger partial charge in [-0.25, -0.2) is 0 Å². The number of rotatable bonds is 4. The van der Waals surface area contributed by atoms with Crippen molar-refractivity contribution in [3.05, 3.63) is 24.3 Å². The molecule has 0 saturated carbocycles. The fourth-order valence-corrected chi connectivity index (χ4v) is 2.24. The highest BCUT2D eigenvalue weighted by Gasteiger charge is 2.14. The summed E-state index contributed by atoms with van der Waals surface area (Å²) < 4.78 is 0. The van der Waals surface area contributed by atoms with Gasteiger partial charge in [0.1, 0.15) is 0 Å². The molecule has 1 heterocycles. The minimum absolute atomic E-state index is 0.514. The van der Waals surface area contributed by atoms with Crippen molar-refractivity contribution < 1.29 is 9.59 Å². The third kappa shape index (κ3) is 3.73. The van der Waals surface area contributed by atoms with Crippen molar-refractivity contribution in [1.29, 1.82) is 0 Å². The molecule has 20 heavy (non-hydrogen) atoms. The first-order chi connectivity index (χ1) is 9.70. The standard InChI is InChI=1S/C15H21N3O2/c1-2-9-16-14(19)15(20)17-12-5-7-13(8-6-12)18-10-3-4-11-18/h5-8H,2-4,9-11H2,1H3,(H,16,19)(H,17,20). The number of benzene rings is 1. The number of hydrogen-bond acceptors (Lipinski definition) is 3. The van der Waals surface area contributed by atoms with Gasteiger partial charge in [-0.05, 0) is 43.5 Å². The highest BCUT2D eigenvalue weighted by molar-refractivity contribution is 6.39. The number of nitrogens with zero attached hydrogens (tertiary/aromatic N) is 1. The first-order valence-electron chi connectivity index (χ1n) is 7.15. The van der Waals surface area contributed by atoms with Crippen molar-refractivity contribution in [1.82, 2.24) is 5.32 Å². The van der Waals surface area contributed by atoms with E-state index in [1.807, 2.05) is 31.2 Å². The minimum Gasteiger partial charge on any atom is -0.372 e. The van der Waals surface area contributed by atoms with Crippen molar-refractivity contribution >= 4 is 23.2 Å². The number of carbonyl (C=O) groups excluding carboxylic acids is 2. The van der Waals surface area contributed by atoms with Gasteiger partial charge in [0.15, 0.2) is 0 Å². The van der Waals surface area contributed by atoms with Crippen LogP contribution >= 0.6 is 0 Å². The van der Waals surface area contributed by atoms with Crippen LogP contribution < -0.4 is 15.5 Å². The van der Waals surface area contributed by atoms with Gasteiger partial charge in [-0.2, -0.15) is 0 Å². The fraction of sp³-hybridized carbons (Fsp3) is 0.467. The molecule has 1 aliphatic rings. The van der Waals surface area contributed by atoms with Gasteiger partial charge in [-0.1, -0.05) is 6.92 Å². The Kier molecular flexibility index (Phi) is 4.98.